The van der Waals surface area contributed by atoms with Crippen LogP contribution < -0.4 is 5.32 Å². The van der Waals surface area contributed by atoms with Crippen molar-refractivity contribution in [3.8, 4) is 0 Å². The number of hydrogen-bond acceptors (Lipinski definition) is 2. The molecular formula is C15H12FNO3. The number of halogens is 1. The topological polar surface area (TPSA) is 66.4 Å². The summed E-state index contributed by atoms with van der Waals surface area (Å²) in [5.74, 6) is -3.07. The molecule has 0 spiro atoms. The molecule has 0 aliphatic carbocycles. The largest absolute Gasteiger partial charge is 0.474 e. The summed E-state index contributed by atoms with van der Waals surface area (Å²) in [5.41, 5.74) is 1.32. The van der Waals surface area contributed by atoms with Gasteiger partial charge in [-0.2, -0.15) is 0 Å². The highest BCUT2D eigenvalue weighted by Gasteiger charge is 2.20. The van der Waals surface area contributed by atoms with Gasteiger partial charge in [-0.1, -0.05) is 42.5 Å². The molecule has 1 amide bonds. The first kappa shape index (κ1) is 13.7. The molecule has 4 nitrogen and oxygen atoms in total. The SMILES string of the molecule is O=C(O)C(=O)NC(c1ccccc1)c1ccc(F)cc1. The standard InChI is InChI=1S/C15H12FNO3/c16-12-8-6-11(7-9-12)13(17-14(18)15(19)20)10-4-2-1-3-5-10/h1-9,13H,(H,17,18)(H,19,20). The van der Waals surface area contributed by atoms with Crippen molar-refractivity contribution in [1.82, 2.24) is 5.32 Å². The van der Waals surface area contributed by atoms with Gasteiger partial charge in [0.15, 0.2) is 0 Å². The molecule has 0 aromatic heterocycles. The molecule has 1 unspecified atom stereocenters. The van der Waals surface area contributed by atoms with E-state index in [0.717, 1.165) is 0 Å². The summed E-state index contributed by atoms with van der Waals surface area (Å²) in [6.45, 7) is 0. The zero-order chi connectivity index (χ0) is 14.5. The number of rotatable bonds is 3. The van der Waals surface area contributed by atoms with Crippen LogP contribution in [-0.4, -0.2) is 17.0 Å². The molecule has 2 N–H and O–H groups in total. The van der Waals surface area contributed by atoms with Crippen molar-refractivity contribution in [2.24, 2.45) is 0 Å². The molecule has 1 atom stereocenters. The molecule has 2 rings (SSSR count). The van der Waals surface area contributed by atoms with Gasteiger partial charge in [0.2, 0.25) is 0 Å². The summed E-state index contributed by atoms with van der Waals surface area (Å²) >= 11 is 0. The van der Waals surface area contributed by atoms with Crippen molar-refractivity contribution < 1.29 is 19.1 Å². The number of carboxylic acids is 1. The van der Waals surface area contributed by atoms with Crippen LogP contribution in [0.15, 0.2) is 54.6 Å². The Hall–Kier alpha value is -2.69. The number of amides is 1. The molecular weight excluding hydrogens is 261 g/mol. The number of benzene rings is 2. The Labute approximate surface area is 114 Å². The summed E-state index contributed by atoms with van der Waals surface area (Å²) in [4.78, 5) is 22.1. The normalized spacial score (nSPS) is 11.7. The molecule has 0 bridgehead atoms. The molecule has 2 aromatic carbocycles. The van der Waals surface area contributed by atoms with Crippen LogP contribution in [-0.2, 0) is 9.59 Å². The maximum absolute atomic E-state index is 13.0. The Morgan fingerprint density at radius 3 is 2.05 bits per heavy atom. The van der Waals surface area contributed by atoms with Gasteiger partial charge in [-0.05, 0) is 23.3 Å². The monoisotopic (exact) mass is 273 g/mol. The highest BCUT2D eigenvalue weighted by Crippen LogP contribution is 2.22. The number of nitrogens with one attached hydrogen (secondary N) is 1. The van der Waals surface area contributed by atoms with Crippen LogP contribution >= 0.6 is 0 Å². The van der Waals surface area contributed by atoms with Gasteiger partial charge in [-0.15, -0.1) is 0 Å². The molecule has 0 aliphatic heterocycles. The van der Waals surface area contributed by atoms with E-state index >= 15 is 0 Å². The molecule has 0 heterocycles. The predicted molar refractivity (Wildman–Crippen MR) is 70.5 cm³/mol. The Kier molecular flexibility index (Phi) is 4.10. The minimum atomic E-state index is -1.56. The average Bonchev–Trinajstić information content (AvgIpc) is 2.46. The molecule has 5 heteroatoms. The predicted octanol–water partition coefficient (Wildman–Crippen LogP) is 2.12. The third kappa shape index (κ3) is 3.20. The molecule has 20 heavy (non-hydrogen) atoms. The average molecular weight is 273 g/mol. The van der Waals surface area contributed by atoms with Crippen LogP contribution in [0.3, 0.4) is 0 Å². The van der Waals surface area contributed by atoms with Crippen LogP contribution in [0.25, 0.3) is 0 Å². The number of carbonyl (C=O) groups excluding carboxylic acids is 1. The van der Waals surface area contributed by atoms with E-state index in [4.69, 9.17) is 5.11 Å². The summed E-state index contributed by atoms with van der Waals surface area (Å²) in [5, 5.41) is 11.1. The van der Waals surface area contributed by atoms with Gasteiger partial charge in [0, 0.05) is 0 Å². The fourth-order valence-electron chi connectivity index (χ4n) is 1.85. The number of carbonyl (C=O) groups is 2. The van der Waals surface area contributed by atoms with E-state index in [1.165, 1.54) is 24.3 Å². The Morgan fingerprint density at radius 2 is 1.50 bits per heavy atom. The van der Waals surface area contributed by atoms with Crippen molar-refractivity contribution in [3.05, 3.63) is 71.5 Å². The molecule has 2 aromatic rings. The first-order chi connectivity index (χ1) is 9.58. The molecule has 0 aliphatic rings. The van der Waals surface area contributed by atoms with E-state index in [1.807, 2.05) is 6.07 Å². The number of aliphatic carboxylic acids is 1. The van der Waals surface area contributed by atoms with E-state index in [9.17, 15) is 14.0 Å². The Morgan fingerprint density at radius 1 is 0.950 bits per heavy atom. The molecule has 0 radical (unpaired) electrons. The number of carboxylic acid groups (broad SMARTS) is 1. The second kappa shape index (κ2) is 5.97. The second-order valence-corrected chi connectivity index (χ2v) is 4.17. The quantitative estimate of drug-likeness (QED) is 0.842. The maximum atomic E-state index is 13.0. The number of hydrogen-bond donors (Lipinski definition) is 2. The first-order valence-corrected chi connectivity index (χ1v) is 5.92. The highest BCUT2D eigenvalue weighted by atomic mass is 19.1. The minimum Gasteiger partial charge on any atom is -0.474 e. The van der Waals surface area contributed by atoms with Crippen molar-refractivity contribution in [1.29, 1.82) is 0 Å². The van der Waals surface area contributed by atoms with E-state index in [2.05, 4.69) is 5.32 Å². The summed E-state index contributed by atoms with van der Waals surface area (Å²) in [7, 11) is 0. The second-order valence-electron chi connectivity index (χ2n) is 4.17. The van der Waals surface area contributed by atoms with Gasteiger partial charge in [0.1, 0.15) is 5.82 Å². The summed E-state index contributed by atoms with van der Waals surface area (Å²) in [6, 6.07) is 13.8. The zero-order valence-corrected chi connectivity index (χ0v) is 10.4. The summed E-state index contributed by atoms with van der Waals surface area (Å²) < 4.78 is 13.0. The van der Waals surface area contributed by atoms with E-state index in [-0.39, 0.29) is 0 Å². The lowest BCUT2D eigenvalue weighted by Crippen LogP contribution is -2.34. The fourth-order valence-corrected chi connectivity index (χ4v) is 1.85. The van der Waals surface area contributed by atoms with E-state index in [0.29, 0.717) is 11.1 Å². The van der Waals surface area contributed by atoms with Gasteiger partial charge in [0.05, 0.1) is 6.04 Å². The van der Waals surface area contributed by atoms with E-state index < -0.39 is 23.7 Å². The van der Waals surface area contributed by atoms with Crippen molar-refractivity contribution in [2.75, 3.05) is 0 Å². The molecule has 0 saturated heterocycles. The van der Waals surface area contributed by atoms with Crippen LogP contribution in [0.1, 0.15) is 17.2 Å². The van der Waals surface area contributed by atoms with Gasteiger partial charge in [-0.25, -0.2) is 9.18 Å². The molecule has 0 saturated carbocycles. The highest BCUT2D eigenvalue weighted by molar-refractivity contribution is 6.31. The van der Waals surface area contributed by atoms with Crippen molar-refractivity contribution in [3.63, 3.8) is 0 Å². The van der Waals surface area contributed by atoms with Gasteiger partial charge >= 0.3 is 11.9 Å². The van der Waals surface area contributed by atoms with Crippen LogP contribution in [0.4, 0.5) is 4.39 Å². The van der Waals surface area contributed by atoms with Gasteiger partial charge in [0.25, 0.3) is 0 Å². The van der Waals surface area contributed by atoms with Crippen LogP contribution in [0, 0.1) is 5.82 Å². The lowest BCUT2D eigenvalue weighted by Gasteiger charge is -2.18. The molecule has 102 valence electrons. The van der Waals surface area contributed by atoms with Crippen molar-refractivity contribution >= 4 is 11.9 Å². The molecule has 0 fully saturated rings. The fraction of sp³-hybridized carbons (Fsp3) is 0.0667. The van der Waals surface area contributed by atoms with Crippen LogP contribution in [0.5, 0.6) is 0 Å². The van der Waals surface area contributed by atoms with E-state index in [1.54, 1.807) is 24.3 Å². The third-order valence-corrected chi connectivity index (χ3v) is 2.81. The zero-order valence-electron chi connectivity index (χ0n) is 10.4. The van der Waals surface area contributed by atoms with Crippen molar-refractivity contribution in [2.45, 2.75) is 6.04 Å². The van der Waals surface area contributed by atoms with Crippen LogP contribution in [0.2, 0.25) is 0 Å². The van der Waals surface area contributed by atoms with Gasteiger partial charge in [-0.3, -0.25) is 4.79 Å². The third-order valence-electron chi connectivity index (χ3n) is 2.81. The van der Waals surface area contributed by atoms with Gasteiger partial charge < -0.3 is 10.4 Å². The smallest absolute Gasteiger partial charge is 0.394 e. The maximum Gasteiger partial charge on any atom is 0.394 e. The minimum absolute atomic E-state index is 0.398. The Bertz CT molecular complexity index is 611. The summed E-state index contributed by atoms with van der Waals surface area (Å²) in [6.07, 6.45) is 0. The lowest BCUT2D eigenvalue weighted by molar-refractivity contribution is -0.150. The Balaban J connectivity index is 2.36. The first-order valence-electron chi connectivity index (χ1n) is 5.92. The lowest BCUT2D eigenvalue weighted by atomic mass is 9.98.